The zero-order valence-electron chi connectivity index (χ0n) is 15.9. The molecule has 144 valence electrons. The molecule has 5 nitrogen and oxygen atoms in total. The van der Waals surface area contributed by atoms with Crippen molar-refractivity contribution in [2.45, 2.75) is 51.7 Å². The van der Waals surface area contributed by atoms with Gasteiger partial charge in [-0.25, -0.2) is 0 Å². The van der Waals surface area contributed by atoms with Gasteiger partial charge >= 0.3 is 0 Å². The predicted molar refractivity (Wildman–Crippen MR) is 110 cm³/mol. The Morgan fingerprint density at radius 3 is 2.67 bits per heavy atom. The lowest BCUT2D eigenvalue weighted by Crippen LogP contribution is -2.41. The minimum absolute atomic E-state index is 0.223. The van der Waals surface area contributed by atoms with Gasteiger partial charge in [-0.3, -0.25) is 14.5 Å². The molecule has 2 heterocycles. The average molecular weight is 386 g/mol. The summed E-state index contributed by atoms with van der Waals surface area (Å²) in [5.74, 6) is -0.448. The molecule has 1 aliphatic heterocycles. The molecule has 0 aliphatic carbocycles. The summed E-state index contributed by atoms with van der Waals surface area (Å²) in [4.78, 5) is 27.5. The molecule has 0 unspecified atom stereocenters. The van der Waals surface area contributed by atoms with Crippen LogP contribution < -0.4 is 10.6 Å². The van der Waals surface area contributed by atoms with E-state index in [0.717, 1.165) is 18.8 Å². The number of hydrogen-bond acceptors (Lipinski definition) is 4. The summed E-state index contributed by atoms with van der Waals surface area (Å²) in [6, 6.07) is 11.6. The number of hydrogen-bond donors (Lipinski definition) is 2. The molecule has 1 fully saturated rings. The lowest BCUT2D eigenvalue weighted by molar-refractivity contribution is -0.117. The van der Waals surface area contributed by atoms with E-state index in [-0.39, 0.29) is 11.8 Å². The Kier molecular flexibility index (Phi) is 6.63. The second kappa shape index (κ2) is 9.15. The van der Waals surface area contributed by atoms with Crippen molar-refractivity contribution in [3.63, 3.8) is 0 Å². The fraction of sp³-hybridized carbons (Fsp3) is 0.429. The van der Waals surface area contributed by atoms with Gasteiger partial charge in [0.25, 0.3) is 5.91 Å². The van der Waals surface area contributed by atoms with E-state index in [1.54, 1.807) is 13.0 Å². The molecule has 1 aliphatic rings. The van der Waals surface area contributed by atoms with E-state index in [0.29, 0.717) is 10.9 Å². The molecule has 1 aromatic heterocycles. The zero-order chi connectivity index (χ0) is 19.2. The number of nitrogens with one attached hydrogen (secondary N) is 2. The average Bonchev–Trinajstić information content (AvgIpc) is 3.20. The molecule has 6 heteroatoms. The Hall–Kier alpha value is -2.18. The molecule has 27 heavy (non-hydrogen) atoms. The van der Waals surface area contributed by atoms with E-state index >= 15 is 0 Å². The number of benzene rings is 1. The first-order valence-electron chi connectivity index (χ1n) is 9.51. The molecule has 0 saturated carbocycles. The monoisotopic (exact) mass is 385 g/mol. The number of amides is 2. The molecular weight excluding hydrogens is 358 g/mol. The molecule has 0 spiro atoms. The molecule has 2 amide bonds. The van der Waals surface area contributed by atoms with Crippen LogP contribution in [-0.2, 0) is 11.3 Å². The molecule has 2 N–H and O–H groups in total. The number of piperidine rings is 1. The fourth-order valence-corrected chi connectivity index (χ4v) is 3.94. The van der Waals surface area contributed by atoms with E-state index < -0.39 is 6.04 Å². The number of carbonyl (C=O) groups is 2. The van der Waals surface area contributed by atoms with Crippen LogP contribution in [0.4, 0.5) is 5.69 Å². The van der Waals surface area contributed by atoms with Gasteiger partial charge in [0.05, 0.1) is 4.88 Å². The summed E-state index contributed by atoms with van der Waals surface area (Å²) in [6.07, 6.45) is 3.86. The lowest BCUT2D eigenvalue weighted by Gasteiger charge is -2.33. The van der Waals surface area contributed by atoms with Gasteiger partial charge in [-0.05, 0) is 62.4 Å². The summed E-state index contributed by atoms with van der Waals surface area (Å²) in [6.45, 7) is 6.08. The minimum Gasteiger partial charge on any atom is -0.340 e. The first-order chi connectivity index (χ1) is 13.0. The van der Waals surface area contributed by atoms with E-state index in [1.165, 1.54) is 36.2 Å². The molecule has 3 rings (SSSR count). The van der Waals surface area contributed by atoms with E-state index in [4.69, 9.17) is 0 Å². The Balaban J connectivity index is 1.51. The summed E-state index contributed by atoms with van der Waals surface area (Å²) in [5, 5.41) is 7.43. The normalized spacial score (nSPS) is 18.7. The van der Waals surface area contributed by atoms with Crippen LogP contribution in [0.15, 0.2) is 41.8 Å². The molecule has 2 atom stereocenters. The van der Waals surface area contributed by atoms with Gasteiger partial charge in [0, 0.05) is 18.3 Å². The first-order valence-corrected chi connectivity index (χ1v) is 10.4. The van der Waals surface area contributed by atoms with E-state index in [2.05, 4.69) is 34.6 Å². The van der Waals surface area contributed by atoms with Crippen LogP contribution in [0, 0.1) is 0 Å². The fourth-order valence-electron chi connectivity index (χ4n) is 3.31. The topological polar surface area (TPSA) is 61.4 Å². The van der Waals surface area contributed by atoms with Crippen molar-refractivity contribution in [2.75, 3.05) is 11.9 Å². The van der Waals surface area contributed by atoms with Crippen LogP contribution in [0.5, 0.6) is 0 Å². The Bertz CT molecular complexity index is 758. The highest BCUT2D eigenvalue weighted by Gasteiger charge is 2.19. The quantitative estimate of drug-likeness (QED) is 0.793. The predicted octanol–water partition coefficient (Wildman–Crippen LogP) is 3.88. The van der Waals surface area contributed by atoms with Crippen LogP contribution in [0.1, 0.15) is 48.3 Å². The highest BCUT2D eigenvalue weighted by Crippen LogP contribution is 2.20. The van der Waals surface area contributed by atoms with Crippen molar-refractivity contribution in [1.82, 2.24) is 10.2 Å². The third-order valence-corrected chi connectivity index (χ3v) is 5.90. The smallest absolute Gasteiger partial charge is 0.261 e. The van der Waals surface area contributed by atoms with Gasteiger partial charge in [-0.2, -0.15) is 0 Å². The number of thiophene rings is 1. The maximum Gasteiger partial charge on any atom is 0.261 e. The van der Waals surface area contributed by atoms with Crippen molar-refractivity contribution in [1.29, 1.82) is 0 Å². The van der Waals surface area contributed by atoms with Crippen LogP contribution in [0.3, 0.4) is 0 Å². The van der Waals surface area contributed by atoms with E-state index in [1.807, 2.05) is 23.6 Å². The second-order valence-electron chi connectivity index (χ2n) is 7.17. The first kappa shape index (κ1) is 19.6. The Labute approximate surface area is 164 Å². The van der Waals surface area contributed by atoms with Gasteiger partial charge in [-0.15, -0.1) is 11.3 Å². The van der Waals surface area contributed by atoms with Gasteiger partial charge in [0.1, 0.15) is 6.04 Å². The van der Waals surface area contributed by atoms with Crippen molar-refractivity contribution in [3.05, 3.63) is 52.2 Å². The standard InChI is InChI=1S/C21H27N3O2S/c1-15-6-3-4-12-24(15)14-17-8-10-18(11-9-17)23-20(25)16(2)22-21(26)19-7-5-13-27-19/h5,7-11,13,15-16H,3-4,6,12,14H2,1-2H3,(H,22,26)(H,23,25)/t15-,16+/m1/s1. The molecule has 0 radical (unpaired) electrons. The van der Waals surface area contributed by atoms with Crippen molar-refractivity contribution >= 4 is 28.8 Å². The maximum atomic E-state index is 12.3. The highest BCUT2D eigenvalue weighted by atomic mass is 32.1. The number of nitrogens with zero attached hydrogens (tertiary/aromatic N) is 1. The van der Waals surface area contributed by atoms with Crippen LogP contribution in [0.25, 0.3) is 0 Å². The molecule has 1 saturated heterocycles. The summed E-state index contributed by atoms with van der Waals surface area (Å²) >= 11 is 1.36. The van der Waals surface area contributed by atoms with Crippen molar-refractivity contribution in [2.24, 2.45) is 0 Å². The lowest BCUT2D eigenvalue weighted by atomic mass is 10.0. The van der Waals surface area contributed by atoms with E-state index in [9.17, 15) is 9.59 Å². The summed E-state index contributed by atoms with van der Waals surface area (Å²) in [5.41, 5.74) is 1.99. The highest BCUT2D eigenvalue weighted by molar-refractivity contribution is 7.12. The van der Waals surface area contributed by atoms with Gasteiger partial charge < -0.3 is 10.6 Å². The van der Waals surface area contributed by atoms with Gasteiger partial charge in [0.15, 0.2) is 0 Å². The summed E-state index contributed by atoms with van der Waals surface area (Å²) in [7, 11) is 0. The third-order valence-electron chi connectivity index (χ3n) is 5.03. The molecular formula is C21H27N3O2S. The number of likely N-dealkylation sites (tertiary alicyclic amines) is 1. The Morgan fingerprint density at radius 1 is 1.22 bits per heavy atom. The SMILES string of the molecule is C[C@H](NC(=O)c1cccs1)C(=O)Nc1ccc(CN2CCCC[C@H]2C)cc1. The molecule has 1 aromatic carbocycles. The van der Waals surface area contributed by atoms with Crippen molar-refractivity contribution < 1.29 is 9.59 Å². The third kappa shape index (κ3) is 5.40. The largest absolute Gasteiger partial charge is 0.340 e. The van der Waals surface area contributed by atoms with Crippen molar-refractivity contribution in [3.8, 4) is 0 Å². The van der Waals surface area contributed by atoms with Crippen LogP contribution in [0.2, 0.25) is 0 Å². The van der Waals surface area contributed by atoms with Crippen LogP contribution in [-0.4, -0.2) is 35.3 Å². The number of rotatable bonds is 6. The number of carbonyl (C=O) groups excluding carboxylic acids is 2. The summed E-state index contributed by atoms with van der Waals surface area (Å²) < 4.78 is 0. The second-order valence-corrected chi connectivity index (χ2v) is 8.12. The number of anilines is 1. The van der Waals surface area contributed by atoms with Crippen LogP contribution >= 0.6 is 11.3 Å². The van der Waals surface area contributed by atoms with Gasteiger partial charge in [0.2, 0.25) is 5.91 Å². The minimum atomic E-state index is -0.603. The van der Waals surface area contributed by atoms with Gasteiger partial charge in [-0.1, -0.05) is 24.6 Å². The Morgan fingerprint density at radius 2 is 2.00 bits per heavy atom. The maximum absolute atomic E-state index is 12.3. The molecule has 0 bridgehead atoms. The zero-order valence-corrected chi connectivity index (χ0v) is 16.7. The molecule has 2 aromatic rings.